The Hall–Kier alpha value is -3.10. The maximum Gasteiger partial charge on any atom is 0.271 e. The number of rotatable bonds is 8. The number of benzene rings is 2. The van der Waals surface area contributed by atoms with Gasteiger partial charge in [-0.05, 0) is 65.6 Å². The number of aromatic amines is 1. The third-order valence-electron chi connectivity index (χ3n) is 5.07. The van der Waals surface area contributed by atoms with Crippen molar-refractivity contribution in [1.29, 1.82) is 0 Å². The van der Waals surface area contributed by atoms with Crippen LogP contribution in [0.3, 0.4) is 0 Å². The maximum atomic E-state index is 12.6. The average Bonchev–Trinajstić information content (AvgIpc) is 3.44. The monoisotopic (exact) mass is 453 g/mol. The van der Waals surface area contributed by atoms with E-state index in [4.69, 9.17) is 0 Å². The van der Waals surface area contributed by atoms with Crippen molar-refractivity contribution in [1.82, 2.24) is 10.3 Å². The summed E-state index contributed by atoms with van der Waals surface area (Å²) in [5.41, 5.74) is 3.34. The summed E-state index contributed by atoms with van der Waals surface area (Å²) < 4.78 is 28.1. The Bertz CT molecular complexity index is 1290. The van der Waals surface area contributed by atoms with E-state index in [-0.39, 0.29) is 16.2 Å². The van der Waals surface area contributed by atoms with Crippen LogP contribution in [0, 0.1) is 0 Å². The van der Waals surface area contributed by atoms with Crippen LogP contribution in [-0.2, 0) is 21.2 Å². The summed E-state index contributed by atoms with van der Waals surface area (Å²) in [6, 6.07) is 18.1. The molecule has 8 heteroatoms. The predicted molar refractivity (Wildman–Crippen MR) is 125 cm³/mol. The fraction of sp³-hybridized carbons (Fsp3) is 0.174. The molecule has 0 saturated heterocycles. The molecule has 0 fully saturated rings. The third kappa shape index (κ3) is 4.98. The lowest BCUT2D eigenvalue weighted by Crippen LogP contribution is -2.27. The Morgan fingerprint density at radius 2 is 1.94 bits per heavy atom. The van der Waals surface area contributed by atoms with E-state index in [1.54, 1.807) is 29.6 Å². The van der Waals surface area contributed by atoms with Crippen LogP contribution in [0.1, 0.15) is 30.5 Å². The summed E-state index contributed by atoms with van der Waals surface area (Å²) in [5, 5.41) is 5.82. The molecule has 0 aliphatic rings. The molecule has 0 aliphatic carbocycles. The first-order valence-electron chi connectivity index (χ1n) is 9.93. The van der Waals surface area contributed by atoms with Crippen molar-refractivity contribution in [2.24, 2.45) is 0 Å². The normalized spacial score (nSPS) is 12.5. The molecule has 31 heavy (non-hydrogen) atoms. The van der Waals surface area contributed by atoms with Gasteiger partial charge in [-0.15, -0.1) is 11.3 Å². The lowest BCUT2D eigenvalue weighted by molar-refractivity contribution is -0.121. The van der Waals surface area contributed by atoms with Crippen LogP contribution in [-0.4, -0.2) is 19.3 Å². The van der Waals surface area contributed by atoms with Crippen molar-refractivity contribution in [2.45, 2.75) is 30.0 Å². The summed E-state index contributed by atoms with van der Waals surface area (Å²) in [4.78, 5) is 15.7. The van der Waals surface area contributed by atoms with Crippen molar-refractivity contribution < 1.29 is 13.2 Å². The van der Waals surface area contributed by atoms with Crippen LogP contribution in [0.2, 0.25) is 0 Å². The van der Waals surface area contributed by atoms with E-state index in [2.05, 4.69) is 21.1 Å². The number of H-pyrrole nitrogens is 1. The third-order valence-corrected chi connectivity index (χ3v) is 7.83. The number of para-hydroxylation sites is 1. The molecule has 0 bridgehead atoms. The minimum Gasteiger partial charge on any atom is -0.361 e. The SMILES string of the molecule is CC(NC(=O)CCc1ccc2[nH]ccc2c1)c1ccccc1NS(=O)(=O)c1cccs1. The highest BCUT2D eigenvalue weighted by Gasteiger charge is 2.19. The number of thiophene rings is 1. The van der Waals surface area contributed by atoms with Crippen LogP contribution in [0.15, 0.2) is 76.4 Å². The van der Waals surface area contributed by atoms with Crippen molar-refractivity contribution in [3.63, 3.8) is 0 Å². The summed E-state index contributed by atoms with van der Waals surface area (Å²) in [5.74, 6) is -0.0856. The van der Waals surface area contributed by atoms with Gasteiger partial charge < -0.3 is 10.3 Å². The number of fused-ring (bicyclic) bond motifs is 1. The zero-order chi connectivity index (χ0) is 21.8. The van der Waals surface area contributed by atoms with Gasteiger partial charge in [0.05, 0.1) is 11.7 Å². The van der Waals surface area contributed by atoms with Crippen LogP contribution < -0.4 is 10.0 Å². The van der Waals surface area contributed by atoms with E-state index >= 15 is 0 Å². The van der Waals surface area contributed by atoms with Crippen LogP contribution >= 0.6 is 11.3 Å². The minimum atomic E-state index is -3.66. The topological polar surface area (TPSA) is 91.1 Å². The zero-order valence-electron chi connectivity index (χ0n) is 17.0. The molecule has 6 nitrogen and oxygen atoms in total. The van der Waals surface area contributed by atoms with E-state index in [9.17, 15) is 13.2 Å². The number of hydrogen-bond donors (Lipinski definition) is 3. The number of nitrogens with one attached hydrogen (secondary N) is 3. The summed E-state index contributed by atoms with van der Waals surface area (Å²) in [6.45, 7) is 1.85. The number of aromatic nitrogens is 1. The number of aryl methyl sites for hydroxylation is 1. The van der Waals surface area contributed by atoms with Crippen molar-refractivity contribution in [2.75, 3.05) is 4.72 Å². The number of carbonyl (C=O) groups is 1. The molecule has 0 aliphatic heterocycles. The molecule has 160 valence electrons. The number of anilines is 1. The average molecular weight is 454 g/mol. The Morgan fingerprint density at radius 1 is 1.10 bits per heavy atom. The summed E-state index contributed by atoms with van der Waals surface area (Å²) in [7, 11) is -3.66. The number of hydrogen-bond acceptors (Lipinski definition) is 4. The Balaban J connectivity index is 1.41. The van der Waals surface area contributed by atoms with E-state index in [1.165, 1.54) is 0 Å². The van der Waals surface area contributed by atoms with Gasteiger partial charge in [-0.2, -0.15) is 0 Å². The lowest BCUT2D eigenvalue weighted by Gasteiger charge is -2.19. The molecule has 1 amide bonds. The first-order valence-corrected chi connectivity index (χ1v) is 12.3. The lowest BCUT2D eigenvalue weighted by atomic mass is 10.0. The van der Waals surface area contributed by atoms with Crippen LogP contribution in [0.5, 0.6) is 0 Å². The predicted octanol–water partition coefficient (Wildman–Crippen LogP) is 4.84. The van der Waals surface area contributed by atoms with E-state index in [1.807, 2.05) is 43.5 Å². The second kappa shape index (κ2) is 8.95. The number of sulfonamides is 1. The molecule has 2 aromatic heterocycles. The highest BCUT2D eigenvalue weighted by Crippen LogP contribution is 2.27. The molecule has 4 rings (SSSR count). The molecule has 3 N–H and O–H groups in total. The second-order valence-electron chi connectivity index (χ2n) is 7.31. The standard InChI is InChI=1S/C23H23N3O3S2/c1-16(25-22(27)11-9-17-8-10-20-18(15-17)12-13-24-20)19-5-2-3-6-21(19)26-31(28,29)23-7-4-14-30-23/h2-8,10,12-16,24,26H,9,11H2,1H3,(H,25,27). The highest BCUT2D eigenvalue weighted by molar-refractivity contribution is 7.94. The van der Waals surface area contributed by atoms with Gasteiger partial charge >= 0.3 is 0 Å². The van der Waals surface area contributed by atoms with E-state index < -0.39 is 10.0 Å². The van der Waals surface area contributed by atoms with Gasteiger partial charge in [-0.25, -0.2) is 8.42 Å². The molecule has 0 radical (unpaired) electrons. The molecule has 4 aromatic rings. The molecule has 0 spiro atoms. The zero-order valence-corrected chi connectivity index (χ0v) is 18.6. The Labute approximate surface area is 185 Å². The van der Waals surface area contributed by atoms with Crippen molar-refractivity contribution in [3.8, 4) is 0 Å². The summed E-state index contributed by atoms with van der Waals surface area (Å²) >= 11 is 1.16. The van der Waals surface area contributed by atoms with Crippen LogP contribution in [0.25, 0.3) is 10.9 Å². The van der Waals surface area contributed by atoms with Gasteiger partial charge in [-0.1, -0.05) is 30.3 Å². The van der Waals surface area contributed by atoms with Crippen molar-refractivity contribution >= 4 is 43.9 Å². The first-order chi connectivity index (χ1) is 14.9. The molecule has 0 saturated carbocycles. The number of carbonyl (C=O) groups excluding carboxylic acids is 1. The summed E-state index contributed by atoms with van der Waals surface area (Å²) in [6.07, 6.45) is 2.88. The Kier molecular flexibility index (Phi) is 6.11. The molecular weight excluding hydrogens is 430 g/mol. The quantitative estimate of drug-likeness (QED) is 0.356. The molecule has 2 aromatic carbocycles. The fourth-order valence-corrected chi connectivity index (χ4v) is 5.57. The van der Waals surface area contributed by atoms with Gasteiger partial charge in [0.25, 0.3) is 10.0 Å². The van der Waals surface area contributed by atoms with Crippen LogP contribution in [0.4, 0.5) is 5.69 Å². The molecular formula is C23H23N3O3S2. The molecule has 1 atom stereocenters. The second-order valence-corrected chi connectivity index (χ2v) is 10.2. The number of amides is 1. The van der Waals surface area contributed by atoms with Gasteiger partial charge in [-0.3, -0.25) is 9.52 Å². The van der Waals surface area contributed by atoms with Gasteiger partial charge in [0, 0.05) is 18.1 Å². The smallest absolute Gasteiger partial charge is 0.271 e. The van der Waals surface area contributed by atoms with E-state index in [0.29, 0.717) is 24.1 Å². The minimum absolute atomic E-state index is 0.0856. The first kappa shape index (κ1) is 21.1. The molecule has 1 unspecified atom stereocenters. The van der Waals surface area contributed by atoms with Gasteiger partial charge in [0.15, 0.2) is 0 Å². The molecule has 2 heterocycles. The largest absolute Gasteiger partial charge is 0.361 e. The Morgan fingerprint density at radius 3 is 2.74 bits per heavy atom. The van der Waals surface area contributed by atoms with Crippen molar-refractivity contribution in [3.05, 3.63) is 83.4 Å². The van der Waals surface area contributed by atoms with E-state index in [0.717, 1.165) is 27.8 Å². The van der Waals surface area contributed by atoms with Gasteiger partial charge in [0.2, 0.25) is 5.91 Å². The van der Waals surface area contributed by atoms with Gasteiger partial charge in [0.1, 0.15) is 4.21 Å². The highest BCUT2D eigenvalue weighted by atomic mass is 32.2. The maximum absolute atomic E-state index is 12.6. The fourth-order valence-electron chi connectivity index (χ4n) is 3.49.